The standard InChI is InChI=1S/C5H11N.C2H6.B/c1-6-4-2-3-5-6;1-2;/h2-5H2,1H3;1-2H3;. The van der Waals surface area contributed by atoms with E-state index in [4.69, 9.17) is 0 Å². The van der Waals surface area contributed by atoms with Gasteiger partial charge in [0.1, 0.15) is 0 Å². The van der Waals surface area contributed by atoms with Crippen molar-refractivity contribution in [3.8, 4) is 0 Å². The van der Waals surface area contributed by atoms with Crippen LogP contribution < -0.4 is 0 Å². The van der Waals surface area contributed by atoms with Crippen LogP contribution in [0.4, 0.5) is 0 Å². The summed E-state index contributed by atoms with van der Waals surface area (Å²) in [5, 5.41) is 0. The van der Waals surface area contributed by atoms with Crippen molar-refractivity contribution in [3.05, 3.63) is 0 Å². The van der Waals surface area contributed by atoms with E-state index in [2.05, 4.69) is 11.9 Å². The second kappa shape index (κ2) is 8.02. The minimum atomic E-state index is 0. The topological polar surface area (TPSA) is 3.24 Å². The molecule has 53 valence electrons. The summed E-state index contributed by atoms with van der Waals surface area (Å²) in [6, 6.07) is 0. The summed E-state index contributed by atoms with van der Waals surface area (Å²) >= 11 is 0. The zero-order valence-electron chi connectivity index (χ0n) is 6.85. The fourth-order valence-electron chi connectivity index (χ4n) is 0.875. The van der Waals surface area contributed by atoms with Gasteiger partial charge in [0, 0.05) is 8.41 Å². The Balaban J connectivity index is 0. The Morgan fingerprint density at radius 3 is 1.44 bits per heavy atom. The van der Waals surface area contributed by atoms with E-state index in [9.17, 15) is 0 Å². The minimum absolute atomic E-state index is 0. The van der Waals surface area contributed by atoms with Crippen molar-refractivity contribution in [2.75, 3.05) is 20.1 Å². The van der Waals surface area contributed by atoms with Crippen LogP contribution in [0.2, 0.25) is 0 Å². The summed E-state index contributed by atoms with van der Waals surface area (Å²) in [5.74, 6) is 0. The van der Waals surface area contributed by atoms with E-state index in [1.165, 1.54) is 25.9 Å². The van der Waals surface area contributed by atoms with Crippen LogP contribution in [0.15, 0.2) is 0 Å². The van der Waals surface area contributed by atoms with E-state index < -0.39 is 0 Å². The first-order valence-electron chi connectivity index (χ1n) is 3.58. The molecule has 0 unspecified atom stereocenters. The highest BCUT2D eigenvalue weighted by molar-refractivity contribution is 5.75. The van der Waals surface area contributed by atoms with Gasteiger partial charge in [-0.3, -0.25) is 0 Å². The van der Waals surface area contributed by atoms with E-state index in [1.807, 2.05) is 13.8 Å². The summed E-state index contributed by atoms with van der Waals surface area (Å²) in [6.45, 7) is 6.64. The predicted octanol–water partition coefficient (Wildman–Crippen LogP) is 1.36. The van der Waals surface area contributed by atoms with Gasteiger partial charge in [-0.1, -0.05) is 13.8 Å². The molecule has 0 aromatic heterocycles. The Kier molecular flexibility index (Phi) is 10.5. The highest BCUT2D eigenvalue weighted by Gasteiger charge is 2.03. The van der Waals surface area contributed by atoms with E-state index in [1.54, 1.807) is 0 Å². The fourth-order valence-corrected chi connectivity index (χ4v) is 0.875. The molecule has 0 bridgehead atoms. The Morgan fingerprint density at radius 2 is 1.33 bits per heavy atom. The molecule has 0 atom stereocenters. The van der Waals surface area contributed by atoms with Crippen LogP contribution in [0, 0.1) is 0 Å². The van der Waals surface area contributed by atoms with Crippen molar-refractivity contribution in [2.24, 2.45) is 0 Å². The summed E-state index contributed by atoms with van der Waals surface area (Å²) in [4.78, 5) is 2.36. The van der Waals surface area contributed by atoms with Gasteiger partial charge in [0.2, 0.25) is 0 Å². The molecule has 0 amide bonds. The molecule has 1 fully saturated rings. The molecule has 0 aromatic carbocycles. The highest BCUT2D eigenvalue weighted by Crippen LogP contribution is 2.01. The van der Waals surface area contributed by atoms with E-state index in [-0.39, 0.29) is 8.41 Å². The minimum Gasteiger partial charge on any atom is -0.306 e. The molecule has 9 heavy (non-hydrogen) atoms. The quantitative estimate of drug-likeness (QED) is 0.443. The third-order valence-corrected chi connectivity index (χ3v) is 1.33. The molecular weight excluding hydrogens is 109 g/mol. The van der Waals surface area contributed by atoms with Gasteiger partial charge < -0.3 is 4.90 Å². The maximum atomic E-state index is 2.36. The Bertz CT molecular complexity index is 42.2. The maximum absolute atomic E-state index is 2.36. The average Bonchev–Trinajstić information content (AvgIpc) is 2.24. The van der Waals surface area contributed by atoms with Crippen LogP contribution in [0.1, 0.15) is 26.7 Å². The van der Waals surface area contributed by atoms with Crippen molar-refractivity contribution in [1.29, 1.82) is 0 Å². The Hall–Kier alpha value is 0.0249. The van der Waals surface area contributed by atoms with Crippen molar-refractivity contribution in [3.63, 3.8) is 0 Å². The largest absolute Gasteiger partial charge is 0.306 e. The lowest BCUT2D eigenvalue weighted by Gasteiger charge is -2.01. The van der Waals surface area contributed by atoms with Gasteiger partial charge in [-0.25, -0.2) is 0 Å². The fraction of sp³-hybridized carbons (Fsp3) is 1.00. The summed E-state index contributed by atoms with van der Waals surface area (Å²) in [5.41, 5.74) is 0. The highest BCUT2D eigenvalue weighted by atomic mass is 15.1. The van der Waals surface area contributed by atoms with Crippen LogP contribution in [0.25, 0.3) is 0 Å². The monoisotopic (exact) mass is 126 g/mol. The number of nitrogens with zero attached hydrogens (tertiary/aromatic N) is 1. The van der Waals surface area contributed by atoms with Crippen molar-refractivity contribution >= 4 is 8.41 Å². The smallest absolute Gasteiger partial charge is 0 e. The number of hydrogen-bond donors (Lipinski definition) is 0. The normalized spacial score (nSPS) is 17.7. The molecule has 0 spiro atoms. The van der Waals surface area contributed by atoms with Crippen LogP contribution in [0.5, 0.6) is 0 Å². The lowest BCUT2D eigenvalue weighted by Crippen LogP contribution is -2.10. The molecule has 1 aliphatic rings. The lowest BCUT2D eigenvalue weighted by molar-refractivity contribution is 0.418. The predicted molar refractivity (Wildman–Crippen MR) is 43.8 cm³/mol. The first-order valence-corrected chi connectivity index (χ1v) is 3.58. The van der Waals surface area contributed by atoms with Crippen LogP contribution >= 0.6 is 0 Å². The molecule has 0 saturated carbocycles. The third kappa shape index (κ3) is 5.90. The second-order valence-corrected chi connectivity index (χ2v) is 2.01. The van der Waals surface area contributed by atoms with Gasteiger partial charge in [0.05, 0.1) is 0 Å². The van der Waals surface area contributed by atoms with E-state index in [0.717, 1.165) is 0 Å². The van der Waals surface area contributed by atoms with Crippen LogP contribution in [-0.4, -0.2) is 33.5 Å². The first kappa shape index (κ1) is 11.8. The molecule has 2 heteroatoms. The molecule has 1 saturated heterocycles. The molecule has 1 heterocycles. The molecule has 0 aromatic rings. The van der Waals surface area contributed by atoms with Crippen LogP contribution in [-0.2, 0) is 0 Å². The van der Waals surface area contributed by atoms with Gasteiger partial charge >= 0.3 is 0 Å². The van der Waals surface area contributed by atoms with Crippen LogP contribution in [0.3, 0.4) is 0 Å². The van der Waals surface area contributed by atoms with Gasteiger partial charge in [-0.2, -0.15) is 0 Å². The van der Waals surface area contributed by atoms with Gasteiger partial charge in [-0.15, -0.1) is 0 Å². The van der Waals surface area contributed by atoms with Crippen molar-refractivity contribution in [2.45, 2.75) is 26.7 Å². The van der Waals surface area contributed by atoms with E-state index in [0.29, 0.717) is 0 Å². The molecule has 0 N–H and O–H groups in total. The summed E-state index contributed by atoms with van der Waals surface area (Å²) in [6.07, 6.45) is 2.83. The Morgan fingerprint density at radius 1 is 1.00 bits per heavy atom. The molecule has 1 rings (SSSR count). The van der Waals surface area contributed by atoms with E-state index >= 15 is 0 Å². The van der Waals surface area contributed by atoms with Gasteiger partial charge in [0.15, 0.2) is 0 Å². The summed E-state index contributed by atoms with van der Waals surface area (Å²) < 4.78 is 0. The summed E-state index contributed by atoms with van der Waals surface area (Å²) in [7, 11) is 2.17. The third-order valence-electron chi connectivity index (χ3n) is 1.33. The molecule has 3 radical (unpaired) electrons. The zero-order valence-corrected chi connectivity index (χ0v) is 6.85. The molecule has 0 aliphatic carbocycles. The first-order chi connectivity index (χ1) is 3.89. The molecule has 1 aliphatic heterocycles. The number of hydrogen-bond acceptors (Lipinski definition) is 1. The van der Waals surface area contributed by atoms with Crippen molar-refractivity contribution in [1.82, 2.24) is 4.90 Å². The zero-order chi connectivity index (χ0) is 6.41. The van der Waals surface area contributed by atoms with Gasteiger partial charge in [0.25, 0.3) is 0 Å². The average molecular weight is 126 g/mol. The van der Waals surface area contributed by atoms with Crippen molar-refractivity contribution < 1.29 is 0 Å². The molecule has 1 nitrogen and oxygen atoms in total. The number of rotatable bonds is 0. The van der Waals surface area contributed by atoms with Gasteiger partial charge in [-0.05, 0) is 33.0 Å². The second-order valence-electron chi connectivity index (χ2n) is 2.01. The number of likely N-dealkylation sites (tertiary alicyclic amines) is 1. The lowest BCUT2D eigenvalue weighted by atomic mass is 10.4. The Labute approximate surface area is 61.0 Å². The maximum Gasteiger partial charge on any atom is 0 e. The SMILES string of the molecule is CC.CN1CCCC1.[B]. The molecular formula is C7H17BN.